The van der Waals surface area contributed by atoms with Crippen molar-refractivity contribution in [2.45, 2.75) is 19.3 Å². The predicted octanol–water partition coefficient (Wildman–Crippen LogP) is 5.54. The Bertz CT molecular complexity index is 1020. The summed E-state index contributed by atoms with van der Waals surface area (Å²) in [6.45, 7) is 5.26. The van der Waals surface area contributed by atoms with Crippen LogP contribution in [0.2, 0.25) is 0 Å². The maximum Gasteiger partial charge on any atom is 0.219 e. The van der Waals surface area contributed by atoms with Crippen LogP contribution in [0.5, 0.6) is 11.6 Å². The van der Waals surface area contributed by atoms with Gasteiger partial charge in [-0.1, -0.05) is 30.8 Å². The number of hydrogen-bond donors (Lipinski definition) is 2. The summed E-state index contributed by atoms with van der Waals surface area (Å²) in [5.41, 5.74) is 4.82. The average Bonchev–Trinajstić information content (AvgIpc) is 2.75. The van der Waals surface area contributed by atoms with Crippen LogP contribution in [0.1, 0.15) is 17.5 Å². The van der Waals surface area contributed by atoms with Gasteiger partial charge in [0.15, 0.2) is 0 Å². The van der Waals surface area contributed by atoms with Crippen LogP contribution in [0, 0.1) is 5.92 Å². The summed E-state index contributed by atoms with van der Waals surface area (Å²) in [6, 6.07) is 20.0. The molecule has 1 aliphatic rings. The number of hydrogen-bond acceptors (Lipinski definition) is 5. The fraction of sp³-hybridized carbons (Fsp3) is 0.269. The van der Waals surface area contributed by atoms with E-state index in [1.807, 2.05) is 42.5 Å². The van der Waals surface area contributed by atoms with Crippen molar-refractivity contribution < 1.29 is 4.74 Å². The molecule has 1 aliphatic carbocycles. The minimum atomic E-state index is 0.553. The number of para-hydroxylation sites is 1. The van der Waals surface area contributed by atoms with Gasteiger partial charge in [0.1, 0.15) is 11.6 Å². The zero-order valence-corrected chi connectivity index (χ0v) is 18.3. The van der Waals surface area contributed by atoms with Gasteiger partial charge < -0.3 is 20.3 Å². The molecule has 5 heteroatoms. The first kappa shape index (κ1) is 20.9. The van der Waals surface area contributed by atoms with Crippen molar-refractivity contribution in [1.29, 1.82) is 0 Å². The number of fused-ring (bicyclic) bond motifs is 1. The minimum absolute atomic E-state index is 0.553. The standard InChI is InChI=1S/C26H30N4O/c1-19(29-24-13-14-26(27-17-24)31-25-7-5-4-6-8-25)28-23-12-11-21-15-20(18-30(2)3)9-10-22(21)16-23/h4-8,11-14,16-17,20,28-29H,1,9-10,15,18H2,2-3H3. The van der Waals surface area contributed by atoms with E-state index in [1.54, 1.807) is 6.20 Å². The van der Waals surface area contributed by atoms with Crippen LogP contribution in [-0.4, -0.2) is 30.5 Å². The zero-order chi connectivity index (χ0) is 21.6. The molecule has 31 heavy (non-hydrogen) atoms. The van der Waals surface area contributed by atoms with Gasteiger partial charge in [-0.2, -0.15) is 0 Å². The number of benzene rings is 2. The molecule has 1 heterocycles. The molecule has 0 bridgehead atoms. The summed E-state index contributed by atoms with van der Waals surface area (Å²) >= 11 is 0. The van der Waals surface area contributed by atoms with Crippen LogP contribution in [0.3, 0.4) is 0 Å². The lowest BCUT2D eigenvalue weighted by atomic mass is 9.83. The molecule has 2 N–H and O–H groups in total. The molecule has 0 fully saturated rings. The highest BCUT2D eigenvalue weighted by atomic mass is 16.5. The number of aryl methyl sites for hydroxylation is 1. The third-order valence-electron chi connectivity index (χ3n) is 5.45. The molecule has 2 aromatic carbocycles. The third kappa shape index (κ3) is 5.86. The van der Waals surface area contributed by atoms with E-state index in [-0.39, 0.29) is 0 Å². The van der Waals surface area contributed by atoms with Gasteiger partial charge in [0.2, 0.25) is 5.88 Å². The van der Waals surface area contributed by atoms with Crippen molar-refractivity contribution in [2.24, 2.45) is 5.92 Å². The minimum Gasteiger partial charge on any atom is -0.439 e. The quantitative estimate of drug-likeness (QED) is 0.507. The van der Waals surface area contributed by atoms with E-state index in [1.165, 1.54) is 17.5 Å². The normalized spacial score (nSPS) is 15.3. The van der Waals surface area contributed by atoms with Crippen molar-refractivity contribution in [2.75, 3.05) is 31.3 Å². The van der Waals surface area contributed by atoms with Crippen LogP contribution in [-0.2, 0) is 12.8 Å². The number of rotatable bonds is 8. The highest BCUT2D eigenvalue weighted by molar-refractivity contribution is 5.57. The highest BCUT2D eigenvalue weighted by Gasteiger charge is 2.19. The van der Waals surface area contributed by atoms with Gasteiger partial charge in [-0.15, -0.1) is 0 Å². The Kier molecular flexibility index (Phi) is 6.53. The molecule has 160 valence electrons. The van der Waals surface area contributed by atoms with E-state index in [0.29, 0.717) is 11.7 Å². The summed E-state index contributed by atoms with van der Waals surface area (Å²) in [5.74, 6) is 2.78. The van der Waals surface area contributed by atoms with Crippen LogP contribution in [0.25, 0.3) is 0 Å². The summed E-state index contributed by atoms with van der Waals surface area (Å²) in [6.07, 6.45) is 5.28. The SMILES string of the molecule is C=C(Nc1ccc(Oc2ccccc2)nc1)Nc1ccc2c(c1)CCC(CN(C)C)C2. The van der Waals surface area contributed by atoms with Crippen molar-refractivity contribution in [3.8, 4) is 11.6 Å². The highest BCUT2D eigenvalue weighted by Crippen LogP contribution is 2.29. The van der Waals surface area contributed by atoms with Gasteiger partial charge in [0, 0.05) is 18.3 Å². The van der Waals surface area contributed by atoms with Gasteiger partial charge in [-0.3, -0.25) is 0 Å². The third-order valence-corrected chi connectivity index (χ3v) is 5.45. The zero-order valence-electron chi connectivity index (χ0n) is 18.3. The molecule has 0 amide bonds. The summed E-state index contributed by atoms with van der Waals surface area (Å²) in [7, 11) is 4.31. The van der Waals surface area contributed by atoms with Gasteiger partial charge in [-0.05, 0) is 80.7 Å². The Morgan fingerprint density at radius 3 is 2.55 bits per heavy atom. The predicted molar refractivity (Wildman–Crippen MR) is 128 cm³/mol. The van der Waals surface area contributed by atoms with Crippen LogP contribution in [0.15, 0.2) is 79.3 Å². The lowest BCUT2D eigenvalue weighted by Gasteiger charge is -2.27. The number of aromatic nitrogens is 1. The van der Waals surface area contributed by atoms with E-state index in [4.69, 9.17) is 4.74 Å². The van der Waals surface area contributed by atoms with E-state index in [0.717, 1.165) is 42.4 Å². The second kappa shape index (κ2) is 9.67. The van der Waals surface area contributed by atoms with Crippen molar-refractivity contribution >= 4 is 11.4 Å². The lowest BCUT2D eigenvalue weighted by molar-refractivity contribution is 0.303. The number of anilines is 2. The number of nitrogens with one attached hydrogen (secondary N) is 2. The molecule has 4 rings (SSSR count). The van der Waals surface area contributed by atoms with Crippen molar-refractivity contribution in [3.63, 3.8) is 0 Å². The molecular weight excluding hydrogens is 384 g/mol. The van der Waals surface area contributed by atoms with Gasteiger partial charge >= 0.3 is 0 Å². The first-order valence-corrected chi connectivity index (χ1v) is 10.7. The Morgan fingerprint density at radius 1 is 1.03 bits per heavy atom. The average molecular weight is 415 g/mol. The van der Waals surface area contributed by atoms with Crippen LogP contribution in [0.4, 0.5) is 11.4 Å². The molecular formula is C26H30N4O. The Hall–Kier alpha value is -3.31. The molecule has 1 unspecified atom stereocenters. The number of pyridine rings is 1. The maximum absolute atomic E-state index is 5.74. The first-order chi connectivity index (χ1) is 15.0. The molecule has 1 atom stereocenters. The Labute approximate surface area is 184 Å². The molecule has 0 radical (unpaired) electrons. The Morgan fingerprint density at radius 2 is 1.81 bits per heavy atom. The Balaban J connectivity index is 1.32. The smallest absolute Gasteiger partial charge is 0.219 e. The summed E-state index contributed by atoms with van der Waals surface area (Å²) < 4.78 is 5.74. The molecule has 0 saturated heterocycles. The van der Waals surface area contributed by atoms with Crippen molar-refractivity contribution in [1.82, 2.24) is 9.88 Å². The van der Waals surface area contributed by atoms with E-state index < -0.39 is 0 Å². The fourth-order valence-corrected chi connectivity index (χ4v) is 4.08. The molecule has 0 spiro atoms. The van der Waals surface area contributed by atoms with Crippen LogP contribution >= 0.6 is 0 Å². The van der Waals surface area contributed by atoms with Gasteiger partial charge in [0.25, 0.3) is 0 Å². The van der Waals surface area contributed by atoms with E-state index in [9.17, 15) is 0 Å². The second-order valence-corrected chi connectivity index (χ2v) is 8.38. The molecule has 3 aromatic rings. The largest absolute Gasteiger partial charge is 0.439 e. The van der Waals surface area contributed by atoms with Gasteiger partial charge in [-0.25, -0.2) is 4.98 Å². The molecule has 5 nitrogen and oxygen atoms in total. The molecule has 0 saturated carbocycles. The first-order valence-electron chi connectivity index (χ1n) is 10.7. The lowest BCUT2D eigenvalue weighted by Crippen LogP contribution is -2.26. The van der Waals surface area contributed by atoms with Gasteiger partial charge in [0.05, 0.1) is 11.9 Å². The number of ether oxygens (including phenoxy) is 1. The number of nitrogens with zero attached hydrogens (tertiary/aromatic N) is 2. The molecule has 0 aliphatic heterocycles. The van der Waals surface area contributed by atoms with E-state index in [2.05, 4.69) is 59.4 Å². The summed E-state index contributed by atoms with van der Waals surface area (Å²) in [5, 5.41) is 6.63. The monoisotopic (exact) mass is 414 g/mol. The van der Waals surface area contributed by atoms with Crippen molar-refractivity contribution in [3.05, 3.63) is 90.4 Å². The topological polar surface area (TPSA) is 49.4 Å². The van der Waals surface area contributed by atoms with E-state index >= 15 is 0 Å². The maximum atomic E-state index is 5.74. The van der Waals surface area contributed by atoms with Crippen LogP contribution < -0.4 is 15.4 Å². The second-order valence-electron chi connectivity index (χ2n) is 8.38. The fourth-order valence-electron chi connectivity index (χ4n) is 4.08. The molecule has 1 aromatic heterocycles. The summed E-state index contributed by atoms with van der Waals surface area (Å²) in [4.78, 5) is 6.65.